The van der Waals surface area contributed by atoms with Crippen molar-refractivity contribution < 1.29 is 4.74 Å². The van der Waals surface area contributed by atoms with Gasteiger partial charge in [0, 0.05) is 17.2 Å². The number of nitrogens with two attached hydrogens (primary N) is 1. The number of pyridine rings is 1. The Kier molecular flexibility index (Phi) is 4.62. The molecule has 0 aromatic carbocycles. The van der Waals surface area contributed by atoms with Crippen molar-refractivity contribution in [1.82, 2.24) is 4.98 Å². The summed E-state index contributed by atoms with van der Waals surface area (Å²) in [5.41, 5.74) is 6.48. The highest BCUT2D eigenvalue weighted by Crippen LogP contribution is 2.21. The Balaban J connectivity index is 1.70. The van der Waals surface area contributed by atoms with Gasteiger partial charge in [-0.2, -0.15) is 0 Å². The minimum absolute atomic E-state index is 0.465. The smallest absolute Gasteiger partial charge is 0.149 e. The van der Waals surface area contributed by atoms with Crippen LogP contribution in [0.25, 0.3) is 0 Å². The molecule has 0 radical (unpaired) electrons. The summed E-state index contributed by atoms with van der Waals surface area (Å²) in [4.78, 5) is 4.21. The molecule has 2 rings (SSSR count). The first-order chi connectivity index (χ1) is 8.25. The fraction of sp³-hybridized carbons (Fsp3) is 0.583. The number of hydrogen-bond acceptors (Lipinski definition) is 4. The number of aromatic nitrogens is 1. The van der Waals surface area contributed by atoms with E-state index < -0.39 is 0 Å². The van der Waals surface area contributed by atoms with Crippen LogP contribution < -0.4 is 11.1 Å². The van der Waals surface area contributed by atoms with Gasteiger partial charge >= 0.3 is 0 Å². The highest BCUT2D eigenvalue weighted by Gasteiger charge is 2.14. The molecule has 0 amide bonds. The number of nitrogens with zero attached hydrogens (tertiary/aromatic N) is 1. The van der Waals surface area contributed by atoms with Crippen LogP contribution in [0.1, 0.15) is 25.7 Å². The van der Waals surface area contributed by atoms with Crippen molar-refractivity contribution >= 4 is 27.4 Å². The summed E-state index contributed by atoms with van der Waals surface area (Å²) in [5, 5.41) is 3.18. The minimum atomic E-state index is 0.465. The van der Waals surface area contributed by atoms with E-state index in [-0.39, 0.29) is 0 Å². The van der Waals surface area contributed by atoms with Crippen LogP contribution in [0.15, 0.2) is 16.7 Å². The fourth-order valence-electron chi connectivity index (χ4n) is 2.05. The Bertz CT molecular complexity index is 367. The third kappa shape index (κ3) is 3.85. The molecule has 0 spiro atoms. The van der Waals surface area contributed by atoms with Crippen molar-refractivity contribution in [2.75, 3.05) is 24.2 Å². The van der Waals surface area contributed by atoms with Crippen LogP contribution in [-0.2, 0) is 4.74 Å². The number of nitrogen functional groups attached to an aromatic ring is 1. The molecule has 1 aliphatic rings. The van der Waals surface area contributed by atoms with Gasteiger partial charge in [-0.3, -0.25) is 0 Å². The second-order valence-corrected chi connectivity index (χ2v) is 5.21. The zero-order valence-electron chi connectivity index (χ0n) is 9.79. The number of ether oxygens (including phenoxy) is 1. The molecule has 1 saturated carbocycles. The summed E-state index contributed by atoms with van der Waals surface area (Å²) in [6.45, 7) is 1.46. The van der Waals surface area contributed by atoms with Crippen LogP contribution in [0.2, 0.25) is 0 Å². The van der Waals surface area contributed by atoms with Crippen LogP contribution in [-0.4, -0.2) is 24.2 Å². The molecular formula is C12H18BrN3O. The number of halogens is 1. The Morgan fingerprint density at radius 2 is 2.24 bits per heavy atom. The van der Waals surface area contributed by atoms with Gasteiger partial charge < -0.3 is 15.8 Å². The van der Waals surface area contributed by atoms with Crippen LogP contribution in [0.3, 0.4) is 0 Å². The molecule has 1 aromatic rings. The van der Waals surface area contributed by atoms with Gasteiger partial charge in [-0.15, -0.1) is 0 Å². The normalized spacial score (nSPS) is 16.3. The van der Waals surface area contributed by atoms with Crippen LogP contribution in [0.4, 0.5) is 11.5 Å². The predicted molar refractivity (Wildman–Crippen MR) is 73.0 cm³/mol. The fourth-order valence-corrected chi connectivity index (χ4v) is 2.40. The van der Waals surface area contributed by atoms with Crippen LogP contribution in [0.5, 0.6) is 0 Å². The summed E-state index contributed by atoms with van der Waals surface area (Å²) in [6, 6.07) is 1.84. The highest BCUT2D eigenvalue weighted by molar-refractivity contribution is 9.10. The Morgan fingerprint density at radius 3 is 2.94 bits per heavy atom. The molecule has 0 unspecified atom stereocenters. The van der Waals surface area contributed by atoms with E-state index in [9.17, 15) is 0 Å². The Hall–Kier alpha value is -0.810. The molecule has 4 nitrogen and oxygen atoms in total. The van der Waals surface area contributed by atoms with Gasteiger partial charge in [0.1, 0.15) is 5.82 Å². The lowest BCUT2D eigenvalue weighted by Gasteiger charge is -2.12. The molecule has 1 aromatic heterocycles. The van der Waals surface area contributed by atoms with E-state index in [1.165, 1.54) is 25.7 Å². The van der Waals surface area contributed by atoms with E-state index in [0.717, 1.165) is 16.8 Å². The summed E-state index contributed by atoms with van der Waals surface area (Å²) in [5.74, 6) is 0.725. The maximum atomic E-state index is 5.83. The van der Waals surface area contributed by atoms with Crippen molar-refractivity contribution in [1.29, 1.82) is 0 Å². The Morgan fingerprint density at radius 1 is 1.47 bits per heavy atom. The average molecular weight is 300 g/mol. The van der Waals surface area contributed by atoms with Crippen LogP contribution >= 0.6 is 15.9 Å². The third-order valence-corrected chi connectivity index (χ3v) is 3.37. The lowest BCUT2D eigenvalue weighted by atomic mass is 10.3. The number of nitrogens with one attached hydrogen (secondary N) is 1. The second kappa shape index (κ2) is 6.21. The molecule has 17 heavy (non-hydrogen) atoms. The largest absolute Gasteiger partial charge is 0.396 e. The van der Waals surface area contributed by atoms with Crippen molar-refractivity contribution in [2.24, 2.45) is 0 Å². The molecule has 1 heterocycles. The highest BCUT2D eigenvalue weighted by atomic mass is 79.9. The van der Waals surface area contributed by atoms with E-state index in [4.69, 9.17) is 10.5 Å². The lowest BCUT2D eigenvalue weighted by molar-refractivity contribution is 0.0659. The molecule has 1 fully saturated rings. The van der Waals surface area contributed by atoms with Gasteiger partial charge in [0.15, 0.2) is 0 Å². The van der Waals surface area contributed by atoms with Gasteiger partial charge in [-0.25, -0.2) is 4.98 Å². The molecule has 0 saturated heterocycles. The van der Waals surface area contributed by atoms with E-state index in [2.05, 4.69) is 26.2 Å². The summed E-state index contributed by atoms with van der Waals surface area (Å²) < 4.78 is 6.64. The first kappa shape index (κ1) is 12.6. The molecular weight excluding hydrogens is 282 g/mol. The van der Waals surface area contributed by atoms with E-state index in [1.54, 1.807) is 6.20 Å². The molecule has 0 aliphatic heterocycles. The quantitative estimate of drug-likeness (QED) is 0.821. The topological polar surface area (TPSA) is 60.2 Å². The zero-order valence-corrected chi connectivity index (χ0v) is 11.4. The first-order valence-corrected chi connectivity index (χ1v) is 6.81. The van der Waals surface area contributed by atoms with Gasteiger partial charge in [-0.1, -0.05) is 12.8 Å². The van der Waals surface area contributed by atoms with Gasteiger partial charge in [0.05, 0.1) is 18.4 Å². The lowest BCUT2D eigenvalue weighted by Crippen LogP contribution is -2.16. The zero-order chi connectivity index (χ0) is 12.1. The van der Waals surface area contributed by atoms with Gasteiger partial charge in [-0.05, 0) is 34.8 Å². The minimum Gasteiger partial charge on any atom is -0.396 e. The monoisotopic (exact) mass is 299 g/mol. The van der Waals surface area contributed by atoms with E-state index in [0.29, 0.717) is 18.4 Å². The van der Waals surface area contributed by atoms with Crippen molar-refractivity contribution in [3.05, 3.63) is 16.7 Å². The molecule has 94 valence electrons. The van der Waals surface area contributed by atoms with E-state index >= 15 is 0 Å². The molecule has 0 bridgehead atoms. The van der Waals surface area contributed by atoms with Gasteiger partial charge in [0.25, 0.3) is 0 Å². The van der Waals surface area contributed by atoms with Crippen molar-refractivity contribution in [3.8, 4) is 0 Å². The number of anilines is 2. The Labute approximate surface area is 110 Å². The predicted octanol–water partition coefficient (Wildman–Crippen LogP) is 2.80. The number of rotatable bonds is 5. The summed E-state index contributed by atoms with van der Waals surface area (Å²) >= 11 is 3.33. The third-order valence-electron chi connectivity index (χ3n) is 2.93. The molecule has 1 aliphatic carbocycles. The van der Waals surface area contributed by atoms with Crippen LogP contribution in [0, 0.1) is 0 Å². The summed E-state index contributed by atoms with van der Waals surface area (Å²) in [6.07, 6.45) is 7.22. The standard InChI is InChI=1S/C12H18BrN3O/c13-9-7-11(14)12(16-8-9)15-5-6-17-10-3-1-2-4-10/h7-8,10H,1-6,14H2,(H,15,16). The molecule has 3 N–H and O–H groups in total. The SMILES string of the molecule is Nc1cc(Br)cnc1NCCOC1CCCC1. The van der Waals surface area contributed by atoms with Crippen molar-refractivity contribution in [3.63, 3.8) is 0 Å². The second-order valence-electron chi connectivity index (χ2n) is 4.30. The average Bonchev–Trinajstić information content (AvgIpc) is 2.79. The summed E-state index contributed by atoms with van der Waals surface area (Å²) in [7, 11) is 0. The first-order valence-electron chi connectivity index (χ1n) is 6.02. The van der Waals surface area contributed by atoms with E-state index in [1.807, 2.05) is 6.07 Å². The molecule has 5 heteroatoms. The maximum absolute atomic E-state index is 5.83. The maximum Gasteiger partial charge on any atom is 0.149 e. The van der Waals surface area contributed by atoms with Crippen molar-refractivity contribution in [2.45, 2.75) is 31.8 Å². The van der Waals surface area contributed by atoms with Gasteiger partial charge in [0.2, 0.25) is 0 Å². The number of hydrogen-bond donors (Lipinski definition) is 2. The molecule has 0 atom stereocenters.